The summed E-state index contributed by atoms with van der Waals surface area (Å²) in [5.41, 5.74) is 1.36. The number of nitrogens with zero attached hydrogens (tertiary/aromatic N) is 2. The molecule has 0 spiro atoms. The highest BCUT2D eigenvalue weighted by molar-refractivity contribution is 5.94. The Hall–Kier alpha value is -1.92. The summed E-state index contributed by atoms with van der Waals surface area (Å²) in [4.78, 5) is 26.4. The Kier molecular flexibility index (Phi) is 4.70. The van der Waals surface area contributed by atoms with E-state index < -0.39 is 5.97 Å². The molecule has 1 amide bonds. The molecule has 2 rings (SSSR count). The number of aliphatic hydroxyl groups excluding tert-OH is 1. The number of carbonyl (C=O) groups excluding carboxylic acids is 1. The number of carbonyl (C=O) groups is 2. The van der Waals surface area contributed by atoms with Gasteiger partial charge in [0.15, 0.2) is 0 Å². The molecule has 0 radical (unpaired) electrons. The Morgan fingerprint density at radius 3 is 2.15 bits per heavy atom. The summed E-state index contributed by atoms with van der Waals surface area (Å²) >= 11 is 0. The Morgan fingerprint density at radius 1 is 1.05 bits per heavy atom. The smallest absolute Gasteiger partial charge is 0.317 e. The minimum atomic E-state index is -0.843. The Balaban J connectivity index is 1.92. The van der Waals surface area contributed by atoms with E-state index in [-0.39, 0.29) is 19.1 Å². The predicted molar refractivity (Wildman–Crippen MR) is 72.3 cm³/mol. The summed E-state index contributed by atoms with van der Waals surface area (Å²) in [6, 6.07) is 6.87. The van der Waals surface area contributed by atoms with Crippen LogP contribution in [-0.4, -0.2) is 64.6 Å². The fourth-order valence-corrected chi connectivity index (χ4v) is 2.24. The lowest BCUT2D eigenvalue weighted by molar-refractivity contribution is -0.138. The molecule has 1 saturated heterocycles. The van der Waals surface area contributed by atoms with Gasteiger partial charge in [0.25, 0.3) is 5.91 Å². The summed E-state index contributed by atoms with van der Waals surface area (Å²) in [6.45, 7) is 2.21. The molecule has 20 heavy (non-hydrogen) atoms. The molecule has 2 N–H and O–H groups in total. The average molecular weight is 278 g/mol. The van der Waals surface area contributed by atoms with Gasteiger partial charge in [0.1, 0.15) is 0 Å². The maximum absolute atomic E-state index is 12.3. The van der Waals surface area contributed by atoms with Crippen molar-refractivity contribution in [2.75, 3.05) is 32.7 Å². The van der Waals surface area contributed by atoms with Crippen LogP contribution in [0, 0.1) is 0 Å². The highest BCUT2D eigenvalue weighted by Gasteiger charge is 2.22. The third-order valence-corrected chi connectivity index (χ3v) is 3.40. The van der Waals surface area contributed by atoms with Crippen molar-refractivity contribution in [2.24, 2.45) is 0 Å². The van der Waals surface area contributed by atoms with Crippen molar-refractivity contribution in [3.05, 3.63) is 35.4 Å². The molecule has 1 fully saturated rings. The molecule has 1 aromatic rings. The lowest BCUT2D eigenvalue weighted by atomic mass is 10.1. The molecule has 108 valence electrons. The first-order valence-electron chi connectivity index (χ1n) is 6.53. The second-order valence-corrected chi connectivity index (χ2v) is 4.82. The largest absolute Gasteiger partial charge is 0.480 e. The molecular weight excluding hydrogens is 260 g/mol. The summed E-state index contributed by atoms with van der Waals surface area (Å²) in [7, 11) is 0. The number of rotatable bonds is 4. The van der Waals surface area contributed by atoms with Crippen LogP contribution >= 0.6 is 0 Å². The average Bonchev–Trinajstić information content (AvgIpc) is 2.47. The van der Waals surface area contributed by atoms with Gasteiger partial charge in [0.05, 0.1) is 13.2 Å². The molecule has 1 heterocycles. The van der Waals surface area contributed by atoms with Crippen molar-refractivity contribution >= 4 is 11.9 Å². The summed E-state index contributed by atoms with van der Waals surface area (Å²) in [6.07, 6.45) is 0. The van der Waals surface area contributed by atoms with Crippen LogP contribution in [0.4, 0.5) is 0 Å². The molecule has 0 aliphatic carbocycles. The number of carboxylic acid groups (broad SMARTS) is 1. The lowest BCUT2D eigenvalue weighted by Crippen LogP contribution is -2.49. The summed E-state index contributed by atoms with van der Waals surface area (Å²) in [5, 5.41) is 17.7. The van der Waals surface area contributed by atoms with E-state index in [0.29, 0.717) is 31.7 Å². The van der Waals surface area contributed by atoms with E-state index in [0.717, 1.165) is 5.56 Å². The molecule has 0 bridgehead atoms. The monoisotopic (exact) mass is 278 g/mol. The maximum Gasteiger partial charge on any atom is 0.317 e. The first-order valence-corrected chi connectivity index (χ1v) is 6.53. The van der Waals surface area contributed by atoms with Gasteiger partial charge >= 0.3 is 5.97 Å². The number of hydrogen-bond donors (Lipinski definition) is 2. The summed E-state index contributed by atoms with van der Waals surface area (Å²) < 4.78 is 0. The van der Waals surface area contributed by atoms with Crippen molar-refractivity contribution in [1.29, 1.82) is 0 Å². The van der Waals surface area contributed by atoms with Gasteiger partial charge < -0.3 is 15.1 Å². The van der Waals surface area contributed by atoms with Gasteiger partial charge in [-0.05, 0) is 17.7 Å². The van der Waals surface area contributed by atoms with Gasteiger partial charge in [-0.25, -0.2) is 0 Å². The van der Waals surface area contributed by atoms with Gasteiger partial charge in [0.2, 0.25) is 0 Å². The Morgan fingerprint density at radius 2 is 1.65 bits per heavy atom. The summed E-state index contributed by atoms with van der Waals surface area (Å²) in [5.74, 6) is -0.895. The zero-order valence-electron chi connectivity index (χ0n) is 11.2. The van der Waals surface area contributed by atoms with Gasteiger partial charge in [-0.1, -0.05) is 12.1 Å². The first-order chi connectivity index (χ1) is 9.60. The minimum absolute atomic E-state index is 0.0211. The number of benzene rings is 1. The number of carboxylic acids is 1. The second kappa shape index (κ2) is 6.49. The lowest BCUT2D eigenvalue weighted by Gasteiger charge is -2.33. The van der Waals surface area contributed by atoms with Crippen molar-refractivity contribution in [3.63, 3.8) is 0 Å². The minimum Gasteiger partial charge on any atom is -0.480 e. The molecular formula is C14H18N2O4. The zero-order valence-corrected chi connectivity index (χ0v) is 11.2. The number of amides is 1. The number of piperazine rings is 1. The molecule has 1 aliphatic heterocycles. The standard InChI is InChI=1S/C14H18N2O4/c17-10-11-1-3-12(4-2-11)14(20)16-7-5-15(6-8-16)9-13(18)19/h1-4,17H,5-10H2,(H,18,19). The molecule has 0 unspecified atom stereocenters. The van der Waals surface area contributed by atoms with Crippen molar-refractivity contribution < 1.29 is 19.8 Å². The first kappa shape index (κ1) is 14.5. The van der Waals surface area contributed by atoms with E-state index in [2.05, 4.69) is 0 Å². The highest BCUT2D eigenvalue weighted by Crippen LogP contribution is 2.10. The van der Waals surface area contributed by atoms with E-state index in [1.807, 2.05) is 4.90 Å². The Bertz CT molecular complexity index is 478. The van der Waals surface area contributed by atoms with Crippen LogP contribution in [0.1, 0.15) is 15.9 Å². The van der Waals surface area contributed by atoms with Gasteiger partial charge in [-0.15, -0.1) is 0 Å². The zero-order chi connectivity index (χ0) is 14.5. The normalized spacial score (nSPS) is 16.1. The third kappa shape index (κ3) is 3.55. The van der Waals surface area contributed by atoms with Crippen LogP contribution in [0.25, 0.3) is 0 Å². The Labute approximate surface area is 117 Å². The van der Waals surface area contributed by atoms with Crippen LogP contribution in [0.3, 0.4) is 0 Å². The fraction of sp³-hybridized carbons (Fsp3) is 0.429. The molecule has 0 aromatic heterocycles. The fourth-order valence-electron chi connectivity index (χ4n) is 2.24. The van der Waals surface area contributed by atoms with E-state index >= 15 is 0 Å². The van der Waals surface area contributed by atoms with Crippen molar-refractivity contribution in [1.82, 2.24) is 9.80 Å². The molecule has 1 aliphatic rings. The van der Waals surface area contributed by atoms with Crippen LogP contribution in [0.5, 0.6) is 0 Å². The predicted octanol–water partition coefficient (Wildman–Crippen LogP) is 0.0213. The van der Waals surface area contributed by atoms with Crippen LogP contribution in [0.2, 0.25) is 0 Å². The van der Waals surface area contributed by atoms with Crippen LogP contribution in [0.15, 0.2) is 24.3 Å². The number of aliphatic carboxylic acids is 1. The van der Waals surface area contributed by atoms with Crippen molar-refractivity contribution in [2.45, 2.75) is 6.61 Å². The van der Waals surface area contributed by atoms with E-state index in [4.69, 9.17) is 10.2 Å². The van der Waals surface area contributed by atoms with Gasteiger partial charge in [-0.2, -0.15) is 0 Å². The van der Waals surface area contributed by atoms with Gasteiger partial charge in [0, 0.05) is 31.7 Å². The quantitative estimate of drug-likeness (QED) is 0.811. The molecule has 0 saturated carbocycles. The second-order valence-electron chi connectivity index (χ2n) is 4.82. The number of aliphatic hydroxyl groups is 1. The van der Waals surface area contributed by atoms with Crippen molar-refractivity contribution in [3.8, 4) is 0 Å². The van der Waals surface area contributed by atoms with Crippen LogP contribution < -0.4 is 0 Å². The van der Waals surface area contributed by atoms with Crippen LogP contribution in [-0.2, 0) is 11.4 Å². The topological polar surface area (TPSA) is 81.1 Å². The van der Waals surface area contributed by atoms with E-state index in [1.165, 1.54) is 0 Å². The highest BCUT2D eigenvalue weighted by atomic mass is 16.4. The number of hydrogen-bond acceptors (Lipinski definition) is 4. The molecule has 6 nitrogen and oxygen atoms in total. The SMILES string of the molecule is O=C(O)CN1CCN(C(=O)c2ccc(CO)cc2)CC1. The maximum atomic E-state index is 12.3. The van der Waals surface area contributed by atoms with E-state index in [1.54, 1.807) is 29.2 Å². The molecule has 1 aromatic carbocycles. The molecule has 0 atom stereocenters. The third-order valence-electron chi connectivity index (χ3n) is 3.40. The van der Waals surface area contributed by atoms with Gasteiger partial charge in [-0.3, -0.25) is 14.5 Å². The molecule has 6 heteroatoms. The van der Waals surface area contributed by atoms with E-state index in [9.17, 15) is 9.59 Å².